The Kier molecular flexibility index (Phi) is 3.20. The molecule has 1 saturated heterocycles. The highest BCUT2D eigenvalue weighted by molar-refractivity contribution is 6.80. The largest absolute Gasteiger partial charge is 0.382 e. The van der Waals surface area contributed by atoms with Gasteiger partial charge >= 0.3 is 0 Å². The molecule has 0 aromatic carbocycles. The van der Waals surface area contributed by atoms with Crippen molar-refractivity contribution in [3.8, 4) is 0 Å². The number of methoxy groups -OCH3 is 2. The third-order valence-corrected chi connectivity index (χ3v) is 8.69. The predicted molar refractivity (Wildman–Crippen MR) is 57.7 cm³/mol. The van der Waals surface area contributed by atoms with Gasteiger partial charge in [0.2, 0.25) is 0 Å². The predicted octanol–water partition coefficient (Wildman–Crippen LogP) is 2.45. The lowest BCUT2D eigenvalue weighted by atomic mass is 10.1. The van der Waals surface area contributed by atoms with E-state index in [4.69, 9.17) is 9.47 Å². The third-order valence-electron chi connectivity index (χ3n) is 3.90. The van der Waals surface area contributed by atoms with E-state index < -0.39 is 8.07 Å². The topological polar surface area (TPSA) is 18.5 Å². The van der Waals surface area contributed by atoms with Gasteiger partial charge in [0.15, 0.2) is 0 Å². The molecule has 0 aromatic rings. The van der Waals surface area contributed by atoms with Crippen LogP contribution in [0.15, 0.2) is 0 Å². The van der Waals surface area contributed by atoms with Gasteiger partial charge in [0.25, 0.3) is 0 Å². The second kappa shape index (κ2) is 3.71. The Morgan fingerprint density at radius 1 is 1.31 bits per heavy atom. The van der Waals surface area contributed by atoms with E-state index in [0.717, 1.165) is 12.8 Å². The first kappa shape index (κ1) is 11.2. The van der Waals surface area contributed by atoms with E-state index in [1.54, 1.807) is 0 Å². The molecule has 2 unspecified atom stereocenters. The Bertz CT molecular complexity index is 182. The summed E-state index contributed by atoms with van der Waals surface area (Å²) in [6.07, 6.45) is 2.78. The summed E-state index contributed by atoms with van der Waals surface area (Å²) < 4.78 is 11.1. The fraction of sp³-hybridized carbons (Fsp3) is 1.00. The Morgan fingerprint density at radius 3 is 2.31 bits per heavy atom. The molecule has 13 heavy (non-hydrogen) atoms. The quantitative estimate of drug-likeness (QED) is 0.640. The van der Waals surface area contributed by atoms with E-state index in [2.05, 4.69) is 20.0 Å². The second-order valence-corrected chi connectivity index (χ2v) is 10.2. The van der Waals surface area contributed by atoms with Gasteiger partial charge in [-0.15, -0.1) is 0 Å². The molecule has 0 bridgehead atoms. The molecule has 1 aliphatic heterocycles. The van der Waals surface area contributed by atoms with Crippen LogP contribution in [-0.2, 0) is 9.47 Å². The van der Waals surface area contributed by atoms with E-state index in [-0.39, 0.29) is 5.22 Å². The molecule has 0 aliphatic carbocycles. The van der Waals surface area contributed by atoms with Gasteiger partial charge in [0.1, 0.15) is 0 Å². The molecule has 0 amide bonds. The summed E-state index contributed by atoms with van der Waals surface area (Å²) in [5.41, 5.74) is 0. The Labute approximate surface area is 82.6 Å². The van der Waals surface area contributed by atoms with Crippen LogP contribution in [0.25, 0.3) is 0 Å². The minimum atomic E-state index is -1.28. The van der Waals surface area contributed by atoms with Gasteiger partial charge in [0.05, 0.1) is 19.4 Å². The highest BCUT2D eigenvalue weighted by Crippen LogP contribution is 2.39. The standard InChI is InChI=1S/C10H22O2Si/c1-10(12-3)7-6-9(11-2)8-13(10,4)5/h9H,6-8H2,1-5H3. The van der Waals surface area contributed by atoms with Crippen LogP contribution < -0.4 is 0 Å². The summed E-state index contributed by atoms with van der Waals surface area (Å²) >= 11 is 0. The Morgan fingerprint density at radius 2 is 1.92 bits per heavy atom. The monoisotopic (exact) mass is 202 g/mol. The van der Waals surface area contributed by atoms with E-state index >= 15 is 0 Å². The Balaban J connectivity index is 2.73. The highest BCUT2D eigenvalue weighted by atomic mass is 28.3. The van der Waals surface area contributed by atoms with Gasteiger partial charge in [-0.1, -0.05) is 13.1 Å². The molecule has 2 atom stereocenters. The zero-order chi connectivity index (χ0) is 10.1. The zero-order valence-electron chi connectivity index (χ0n) is 9.52. The lowest BCUT2D eigenvalue weighted by molar-refractivity contribution is 0.0191. The van der Waals surface area contributed by atoms with Crippen molar-refractivity contribution in [1.29, 1.82) is 0 Å². The van der Waals surface area contributed by atoms with Crippen LogP contribution in [0.4, 0.5) is 0 Å². The van der Waals surface area contributed by atoms with Gasteiger partial charge in [-0.25, -0.2) is 0 Å². The van der Waals surface area contributed by atoms with Crippen molar-refractivity contribution in [2.75, 3.05) is 14.2 Å². The van der Waals surface area contributed by atoms with Crippen LogP contribution in [0.5, 0.6) is 0 Å². The van der Waals surface area contributed by atoms with E-state index in [0.29, 0.717) is 6.10 Å². The summed E-state index contributed by atoms with van der Waals surface area (Å²) in [6.45, 7) is 7.08. The summed E-state index contributed by atoms with van der Waals surface area (Å²) in [5, 5.41) is 0.155. The first-order valence-electron chi connectivity index (χ1n) is 5.03. The molecule has 78 valence electrons. The van der Waals surface area contributed by atoms with E-state index in [1.807, 2.05) is 14.2 Å². The summed E-state index contributed by atoms with van der Waals surface area (Å²) in [7, 11) is 2.40. The second-order valence-electron chi connectivity index (χ2n) is 4.92. The van der Waals surface area contributed by atoms with Crippen LogP contribution in [0.1, 0.15) is 19.8 Å². The van der Waals surface area contributed by atoms with Crippen LogP contribution in [-0.4, -0.2) is 33.6 Å². The number of rotatable bonds is 2. The number of ether oxygens (including phenoxy) is 2. The van der Waals surface area contributed by atoms with Crippen molar-refractivity contribution in [2.24, 2.45) is 0 Å². The molecule has 1 aliphatic rings. The van der Waals surface area contributed by atoms with Gasteiger partial charge in [-0.05, 0) is 25.8 Å². The lowest BCUT2D eigenvalue weighted by Gasteiger charge is -2.47. The Hall–Kier alpha value is 0.137. The first-order chi connectivity index (χ1) is 5.95. The number of hydrogen-bond acceptors (Lipinski definition) is 2. The highest BCUT2D eigenvalue weighted by Gasteiger charge is 2.47. The zero-order valence-corrected chi connectivity index (χ0v) is 10.5. The molecule has 3 heteroatoms. The maximum Gasteiger partial charge on any atom is 0.0876 e. The average Bonchev–Trinajstić information content (AvgIpc) is 2.09. The van der Waals surface area contributed by atoms with Gasteiger partial charge in [-0.2, -0.15) is 0 Å². The molecule has 0 radical (unpaired) electrons. The van der Waals surface area contributed by atoms with Crippen LogP contribution >= 0.6 is 0 Å². The van der Waals surface area contributed by atoms with Crippen LogP contribution in [0, 0.1) is 0 Å². The molecule has 0 saturated carbocycles. The van der Waals surface area contributed by atoms with Crippen molar-refractivity contribution in [2.45, 2.75) is 50.2 Å². The number of hydrogen-bond donors (Lipinski definition) is 0. The van der Waals surface area contributed by atoms with Crippen LogP contribution in [0.3, 0.4) is 0 Å². The van der Waals surface area contributed by atoms with Crippen LogP contribution in [0.2, 0.25) is 19.1 Å². The molecular formula is C10H22O2Si. The molecule has 0 spiro atoms. The van der Waals surface area contributed by atoms with Crippen molar-refractivity contribution < 1.29 is 9.47 Å². The lowest BCUT2D eigenvalue weighted by Crippen LogP contribution is -2.58. The molecule has 0 N–H and O–H groups in total. The summed E-state index contributed by atoms with van der Waals surface area (Å²) in [6, 6.07) is 1.23. The fourth-order valence-corrected chi connectivity index (χ4v) is 5.56. The SMILES string of the molecule is COC1CCC(C)(OC)[Si](C)(C)C1. The average molecular weight is 202 g/mol. The van der Waals surface area contributed by atoms with Crippen molar-refractivity contribution in [3.05, 3.63) is 0 Å². The minimum Gasteiger partial charge on any atom is -0.382 e. The van der Waals surface area contributed by atoms with Crippen molar-refractivity contribution >= 4 is 8.07 Å². The van der Waals surface area contributed by atoms with Crippen molar-refractivity contribution in [3.63, 3.8) is 0 Å². The molecule has 1 fully saturated rings. The first-order valence-corrected chi connectivity index (χ1v) is 8.24. The molecule has 1 heterocycles. The maximum absolute atomic E-state index is 5.69. The summed E-state index contributed by atoms with van der Waals surface area (Å²) in [5.74, 6) is 0. The van der Waals surface area contributed by atoms with Crippen molar-refractivity contribution in [1.82, 2.24) is 0 Å². The smallest absolute Gasteiger partial charge is 0.0876 e. The molecule has 0 aromatic heterocycles. The van der Waals surface area contributed by atoms with E-state index in [1.165, 1.54) is 6.04 Å². The van der Waals surface area contributed by atoms with Gasteiger partial charge in [-0.3, -0.25) is 0 Å². The molecule has 1 rings (SSSR count). The van der Waals surface area contributed by atoms with E-state index in [9.17, 15) is 0 Å². The molecular weight excluding hydrogens is 180 g/mol. The van der Waals surface area contributed by atoms with Gasteiger partial charge in [0, 0.05) is 14.2 Å². The van der Waals surface area contributed by atoms with Gasteiger partial charge < -0.3 is 9.47 Å². The third kappa shape index (κ3) is 1.97. The normalized spacial score (nSPS) is 39.0. The summed E-state index contributed by atoms with van der Waals surface area (Å²) in [4.78, 5) is 0. The maximum atomic E-state index is 5.69. The minimum absolute atomic E-state index is 0.155. The molecule has 2 nitrogen and oxygen atoms in total. The fourth-order valence-electron chi connectivity index (χ4n) is 2.24.